The predicted octanol–water partition coefficient (Wildman–Crippen LogP) is 14.0. The fourth-order valence-electron chi connectivity index (χ4n) is 8.87. The van der Waals surface area contributed by atoms with Crippen molar-refractivity contribution < 1.29 is 0 Å². The third-order valence-electron chi connectivity index (χ3n) is 11.1. The van der Waals surface area contributed by atoms with Crippen molar-refractivity contribution in [2.24, 2.45) is 0 Å². The molecule has 10 rings (SSSR count). The zero-order valence-corrected chi connectivity index (χ0v) is 29.8. The van der Waals surface area contributed by atoms with Crippen LogP contribution in [0.2, 0.25) is 0 Å². The van der Waals surface area contributed by atoms with Gasteiger partial charge >= 0.3 is 0 Å². The monoisotopic (exact) mass is 687 g/mol. The van der Waals surface area contributed by atoms with Crippen LogP contribution in [0, 0.1) is 0 Å². The summed E-state index contributed by atoms with van der Waals surface area (Å²) < 4.78 is 0. The van der Waals surface area contributed by atoms with Gasteiger partial charge in [0.15, 0.2) is 0 Å². The molecule has 0 radical (unpaired) electrons. The summed E-state index contributed by atoms with van der Waals surface area (Å²) >= 11 is 0. The van der Waals surface area contributed by atoms with Gasteiger partial charge in [0.1, 0.15) is 0 Å². The topological polar surface area (TPSA) is 3.24 Å². The molecule has 9 aromatic carbocycles. The van der Waals surface area contributed by atoms with Crippen LogP contribution < -0.4 is 4.90 Å². The Balaban J connectivity index is 1.33. The van der Waals surface area contributed by atoms with E-state index in [2.05, 4.69) is 229 Å². The van der Waals surface area contributed by atoms with E-state index in [1.165, 1.54) is 66.4 Å². The van der Waals surface area contributed by atoms with Gasteiger partial charge in [-0.05, 0) is 91.4 Å². The minimum absolute atomic E-state index is 0.551. The first kappa shape index (κ1) is 31.7. The normalized spacial score (nSPS) is 12.6. The van der Waals surface area contributed by atoms with E-state index in [4.69, 9.17) is 0 Å². The lowest BCUT2D eigenvalue weighted by molar-refractivity contribution is 0.775. The molecule has 54 heavy (non-hydrogen) atoms. The number of hydrogen-bond donors (Lipinski definition) is 0. The maximum absolute atomic E-state index is 2.48. The summed E-state index contributed by atoms with van der Waals surface area (Å²) in [5, 5.41) is 2.45. The lowest BCUT2D eigenvalue weighted by Gasteiger charge is -2.35. The summed E-state index contributed by atoms with van der Waals surface area (Å²) in [5.74, 6) is 0. The van der Waals surface area contributed by atoms with Crippen LogP contribution in [0.5, 0.6) is 0 Å². The van der Waals surface area contributed by atoms with E-state index < -0.39 is 5.41 Å². The molecule has 1 aliphatic carbocycles. The second-order valence-corrected chi connectivity index (χ2v) is 14.0. The lowest BCUT2D eigenvalue weighted by atomic mass is 9.66. The molecule has 0 fully saturated rings. The Kier molecular flexibility index (Phi) is 7.78. The van der Waals surface area contributed by atoms with Gasteiger partial charge in [0.2, 0.25) is 0 Å². The molecule has 0 spiro atoms. The Morgan fingerprint density at radius 3 is 1.43 bits per heavy atom. The fourth-order valence-corrected chi connectivity index (χ4v) is 8.87. The van der Waals surface area contributed by atoms with Crippen molar-refractivity contribution in [2.45, 2.75) is 5.41 Å². The standard InChI is InChI=1S/C53H37N/c1-6-19-38(20-7-1)39-33-35-44(36-34-39)54(43-27-14-5-15-28-43)50-37-48-51-45(40-21-8-2-9-22-40)31-18-32-49(51)53(41-23-10-3-11-24-41,42-25-12-4-13-26-42)52(48)47-30-17-16-29-46(47)50/h1-37H. The first-order valence-electron chi connectivity index (χ1n) is 18.7. The molecule has 0 N–H and O–H groups in total. The predicted molar refractivity (Wildman–Crippen MR) is 227 cm³/mol. The van der Waals surface area contributed by atoms with Gasteiger partial charge in [0, 0.05) is 16.8 Å². The zero-order valence-electron chi connectivity index (χ0n) is 29.8. The van der Waals surface area contributed by atoms with Crippen molar-refractivity contribution in [3.8, 4) is 33.4 Å². The van der Waals surface area contributed by atoms with Crippen LogP contribution in [0.25, 0.3) is 44.2 Å². The summed E-state index contributed by atoms with van der Waals surface area (Å²) in [6, 6.07) is 82.0. The number of nitrogens with zero attached hydrogens (tertiary/aromatic N) is 1. The van der Waals surface area contributed by atoms with Crippen molar-refractivity contribution >= 4 is 27.8 Å². The quantitative estimate of drug-likeness (QED) is 0.161. The summed E-state index contributed by atoms with van der Waals surface area (Å²) in [6.45, 7) is 0. The number of benzene rings is 9. The van der Waals surface area contributed by atoms with Crippen molar-refractivity contribution in [3.05, 3.63) is 247 Å². The third-order valence-corrected chi connectivity index (χ3v) is 11.1. The molecule has 0 saturated carbocycles. The molecule has 0 aromatic heterocycles. The van der Waals surface area contributed by atoms with Crippen LogP contribution in [0.1, 0.15) is 22.3 Å². The number of anilines is 3. The van der Waals surface area contributed by atoms with E-state index in [1.807, 2.05) is 0 Å². The van der Waals surface area contributed by atoms with Crippen LogP contribution in [0.15, 0.2) is 224 Å². The van der Waals surface area contributed by atoms with Gasteiger partial charge < -0.3 is 4.90 Å². The molecule has 0 bridgehead atoms. The Hall–Kier alpha value is -6.96. The Morgan fingerprint density at radius 2 is 0.815 bits per heavy atom. The Labute approximate surface area is 317 Å². The van der Waals surface area contributed by atoms with Crippen LogP contribution in [-0.4, -0.2) is 0 Å². The molecule has 0 amide bonds. The van der Waals surface area contributed by atoms with Gasteiger partial charge in [0.25, 0.3) is 0 Å². The fraction of sp³-hybridized carbons (Fsp3) is 0.0189. The molecule has 254 valence electrons. The maximum atomic E-state index is 2.48. The largest absolute Gasteiger partial charge is 0.310 e. The van der Waals surface area contributed by atoms with Gasteiger partial charge in [-0.1, -0.05) is 194 Å². The highest BCUT2D eigenvalue weighted by Gasteiger charge is 2.48. The summed E-state index contributed by atoms with van der Waals surface area (Å²) in [7, 11) is 0. The third kappa shape index (κ3) is 5.01. The first-order chi connectivity index (χ1) is 26.8. The summed E-state index contributed by atoms with van der Waals surface area (Å²) in [4.78, 5) is 2.44. The van der Waals surface area contributed by atoms with E-state index in [-0.39, 0.29) is 0 Å². The number of fused-ring (bicyclic) bond motifs is 5. The zero-order chi connectivity index (χ0) is 35.9. The summed E-state index contributed by atoms with van der Waals surface area (Å²) in [6.07, 6.45) is 0. The highest BCUT2D eigenvalue weighted by molar-refractivity contribution is 6.10. The summed E-state index contributed by atoms with van der Waals surface area (Å²) in [5.41, 5.74) is 15.4. The lowest BCUT2D eigenvalue weighted by Crippen LogP contribution is -2.29. The average molecular weight is 688 g/mol. The maximum Gasteiger partial charge on any atom is 0.0719 e. The van der Waals surface area contributed by atoms with Crippen molar-refractivity contribution in [1.82, 2.24) is 0 Å². The molecule has 0 saturated heterocycles. The molecule has 0 heterocycles. The smallest absolute Gasteiger partial charge is 0.0719 e. The second kappa shape index (κ2) is 13.2. The molecular weight excluding hydrogens is 651 g/mol. The number of para-hydroxylation sites is 1. The molecule has 0 aliphatic heterocycles. The van der Waals surface area contributed by atoms with Crippen LogP contribution in [0.3, 0.4) is 0 Å². The van der Waals surface area contributed by atoms with Crippen molar-refractivity contribution in [1.29, 1.82) is 0 Å². The van der Waals surface area contributed by atoms with E-state index in [0.29, 0.717) is 0 Å². The van der Waals surface area contributed by atoms with Crippen LogP contribution in [0.4, 0.5) is 17.1 Å². The molecule has 1 nitrogen and oxygen atoms in total. The minimum Gasteiger partial charge on any atom is -0.310 e. The number of rotatable bonds is 7. The van der Waals surface area contributed by atoms with Crippen molar-refractivity contribution in [3.63, 3.8) is 0 Å². The van der Waals surface area contributed by atoms with E-state index >= 15 is 0 Å². The molecule has 1 heteroatoms. The Bertz CT molecular complexity index is 2680. The SMILES string of the molecule is c1ccc(-c2ccc(N(c3ccccc3)c3cc4c(c5ccccc35)C(c3ccccc3)(c3ccccc3)c3cccc(-c5ccccc5)c3-4)cc2)cc1. The van der Waals surface area contributed by atoms with Gasteiger partial charge in [-0.25, -0.2) is 0 Å². The van der Waals surface area contributed by atoms with Crippen molar-refractivity contribution in [2.75, 3.05) is 4.90 Å². The van der Waals surface area contributed by atoms with Crippen LogP contribution >= 0.6 is 0 Å². The molecule has 0 unspecified atom stereocenters. The number of hydrogen-bond acceptors (Lipinski definition) is 1. The molecule has 0 atom stereocenters. The van der Waals surface area contributed by atoms with E-state index in [0.717, 1.165) is 17.1 Å². The minimum atomic E-state index is -0.551. The van der Waals surface area contributed by atoms with E-state index in [9.17, 15) is 0 Å². The molecule has 1 aliphatic rings. The molecule has 9 aromatic rings. The van der Waals surface area contributed by atoms with Gasteiger partial charge in [-0.15, -0.1) is 0 Å². The van der Waals surface area contributed by atoms with Crippen LogP contribution in [-0.2, 0) is 5.41 Å². The molecular formula is C53H37N. The van der Waals surface area contributed by atoms with E-state index in [1.54, 1.807) is 0 Å². The van der Waals surface area contributed by atoms with Gasteiger partial charge in [-0.3, -0.25) is 0 Å². The first-order valence-corrected chi connectivity index (χ1v) is 18.7. The highest BCUT2D eigenvalue weighted by atomic mass is 15.1. The highest BCUT2D eigenvalue weighted by Crippen LogP contribution is 2.61. The van der Waals surface area contributed by atoms with Gasteiger partial charge in [0.05, 0.1) is 11.1 Å². The second-order valence-electron chi connectivity index (χ2n) is 14.0. The Morgan fingerprint density at radius 1 is 0.333 bits per heavy atom. The van der Waals surface area contributed by atoms with Gasteiger partial charge in [-0.2, -0.15) is 0 Å². The average Bonchev–Trinajstić information content (AvgIpc) is 3.57.